The summed E-state index contributed by atoms with van der Waals surface area (Å²) in [6, 6.07) is 4.32. The van der Waals surface area contributed by atoms with Crippen LogP contribution in [0.2, 0.25) is 5.02 Å². The maximum Gasteiger partial charge on any atom is 0.338 e. The zero-order valence-electron chi connectivity index (χ0n) is 12.7. The highest BCUT2D eigenvalue weighted by atomic mass is 35.5. The van der Waals surface area contributed by atoms with Gasteiger partial charge in [0, 0.05) is 17.6 Å². The summed E-state index contributed by atoms with van der Waals surface area (Å²) in [6.07, 6.45) is 1.64. The molecule has 0 saturated heterocycles. The molecular formula is C16H11ClN2O5S. The van der Waals surface area contributed by atoms with E-state index in [1.54, 1.807) is 11.6 Å². The van der Waals surface area contributed by atoms with Crippen LogP contribution >= 0.6 is 22.9 Å². The van der Waals surface area contributed by atoms with Gasteiger partial charge in [-0.2, -0.15) is 0 Å². The van der Waals surface area contributed by atoms with Gasteiger partial charge in [-0.05, 0) is 12.1 Å². The van der Waals surface area contributed by atoms with E-state index in [4.69, 9.17) is 25.8 Å². The van der Waals surface area contributed by atoms with Crippen LogP contribution in [0, 0.1) is 0 Å². The normalized spacial score (nSPS) is 13.0. The minimum Gasteiger partial charge on any atom is -0.486 e. The number of nitrogens with zero attached hydrogens (tertiary/aromatic N) is 2. The number of benzene rings is 1. The van der Waals surface area contributed by atoms with Crippen molar-refractivity contribution in [3.05, 3.63) is 56.4 Å². The number of carbonyl (C=O) groups excluding carboxylic acids is 1. The lowest BCUT2D eigenvalue weighted by molar-refractivity contribution is 0.0466. The Bertz CT molecular complexity index is 1030. The van der Waals surface area contributed by atoms with Gasteiger partial charge in [0.2, 0.25) is 0 Å². The number of esters is 1. The van der Waals surface area contributed by atoms with E-state index in [1.165, 1.54) is 33.9 Å². The zero-order chi connectivity index (χ0) is 17.4. The molecule has 0 aliphatic carbocycles. The number of halogens is 1. The maximum absolute atomic E-state index is 12.3. The van der Waals surface area contributed by atoms with Crippen molar-refractivity contribution in [3.63, 3.8) is 0 Å². The molecule has 1 aliphatic heterocycles. The summed E-state index contributed by atoms with van der Waals surface area (Å²) in [5, 5.41) is 2.04. The minimum atomic E-state index is -0.591. The average Bonchev–Trinajstić information content (AvgIpc) is 3.09. The fourth-order valence-corrected chi connectivity index (χ4v) is 3.42. The van der Waals surface area contributed by atoms with Crippen LogP contribution in [0.3, 0.4) is 0 Å². The van der Waals surface area contributed by atoms with Gasteiger partial charge in [0.25, 0.3) is 5.56 Å². The Morgan fingerprint density at radius 3 is 3.04 bits per heavy atom. The zero-order valence-corrected chi connectivity index (χ0v) is 14.3. The first-order valence-corrected chi connectivity index (χ1v) is 8.59. The molecule has 0 N–H and O–H groups in total. The monoisotopic (exact) mass is 378 g/mol. The van der Waals surface area contributed by atoms with Crippen LogP contribution in [-0.4, -0.2) is 28.6 Å². The molecule has 2 aromatic heterocycles. The third kappa shape index (κ3) is 3.06. The van der Waals surface area contributed by atoms with Gasteiger partial charge in [-0.25, -0.2) is 9.78 Å². The molecule has 0 saturated carbocycles. The molecule has 3 aromatic rings. The number of hydrogen-bond acceptors (Lipinski definition) is 7. The van der Waals surface area contributed by atoms with E-state index in [9.17, 15) is 9.59 Å². The summed E-state index contributed by atoms with van der Waals surface area (Å²) in [7, 11) is 0. The number of aromatic nitrogens is 2. The molecule has 7 nitrogen and oxygen atoms in total. The van der Waals surface area contributed by atoms with Gasteiger partial charge >= 0.3 is 5.97 Å². The van der Waals surface area contributed by atoms with Crippen LogP contribution in [0.5, 0.6) is 11.5 Å². The standard InChI is InChI=1S/C16H11ClN2O5S/c17-11-5-9(6-12-14(11)23-3-2-22-12)15(21)24-8-10-7-13(20)19-1-4-25-16(19)18-10/h1,4-7H,2-3,8H2. The number of hydrogen-bond donors (Lipinski definition) is 0. The summed E-state index contributed by atoms with van der Waals surface area (Å²) in [5.74, 6) is 0.233. The second kappa shape index (κ2) is 6.38. The predicted octanol–water partition coefficient (Wildman–Crippen LogP) is 2.54. The maximum atomic E-state index is 12.3. The minimum absolute atomic E-state index is 0.117. The quantitative estimate of drug-likeness (QED) is 0.652. The Hall–Kier alpha value is -2.58. The Labute approximate surface area is 150 Å². The van der Waals surface area contributed by atoms with Crippen LogP contribution in [0.15, 0.2) is 34.6 Å². The van der Waals surface area contributed by atoms with Crippen molar-refractivity contribution in [2.45, 2.75) is 6.61 Å². The van der Waals surface area contributed by atoms with E-state index in [0.717, 1.165) is 0 Å². The Balaban J connectivity index is 1.53. The van der Waals surface area contributed by atoms with Crippen molar-refractivity contribution < 1.29 is 19.0 Å². The summed E-state index contributed by atoms with van der Waals surface area (Å²) in [4.78, 5) is 29.0. The molecule has 0 fully saturated rings. The smallest absolute Gasteiger partial charge is 0.338 e. The molecule has 0 amide bonds. The fourth-order valence-electron chi connectivity index (χ4n) is 2.41. The highest BCUT2D eigenvalue weighted by Gasteiger charge is 2.20. The summed E-state index contributed by atoms with van der Waals surface area (Å²) in [6.45, 7) is 0.675. The number of fused-ring (bicyclic) bond motifs is 2. The van der Waals surface area contributed by atoms with E-state index in [1.807, 2.05) is 0 Å². The van der Waals surface area contributed by atoms with Crippen LogP contribution in [0.1, 0.15) is 16.1 Å². The number of thiazole rings is 1. The molecule has 1 aromatic carbocycles. The first-order valence-electron chi connectivity index (χ1n) is 7.34. The Morgan fingerprint density at radius 2 is 2.16 bits per heavy atom. The van der Waals surface area contributed by atoms with Crippen molar-refractivity contribution in [1.82, 2.24) is 9.38 Å². The SMILES string of the molecule is O=C(OCc1cc(=O)n2ccsc2n1)c1cc(Cl)c2c(c1)OCCO2. The molecular weight excluding hydrogens is 368 g/mol. The van der Waals surface area contributed by atoms with E-state index < -0.39 is 5.97 Å². The highest BCUT2D eigenvalue weighted by Crippen LogP contribution is 2.38. The third-order valence-corrected chi connectivity index (χ3v) is 4.58. The number of ether oxygens (including phenoxy) is 3. The first-order chi connectivity index (χ1) is 12.1. The lowest BCUT2D eigenvalue weighted by Gasteiger charge is -2.19. The van der Waals surface area contributed by atoms with Crippen LogP contribution in [0.4, 0.5) is 0 Å². The Morgan fingerprint density at radius 1 is 1.32 bits per heavy atom. The average molecular weight is 379 g/mol. The van der Waals surface area contributed by atoms with E-state index in [-0.39, 0.29) is 22.8 Å². The molecule has 128 valence electrons. The van der Waals surface area contributed by atoms with Gasteiger partial charge < -0.3 is 14.2 Å². The van der Waals surface area contributed by atoms with Gasteiger partial charge in [0.05, 0.1) is 16.3 Å². The molecule has 3 heterocycles. The second-order valence-corrected chi connectivity index (χ2v) is 6.48. The largest absolute Gasteiger partial charge is 0.486 e. The van der Waals surface area contributed by atoms with Gasteiger partial charge in [0.15, 0.2) is 16.5 Å². The van der Waals surface area contributed by atoms with Crippen molar-refractivity contribution in [2.24, 2.45) is 0 Å². The molecule has 9 heteroatoms. The third-order valence-electron chi connectivity index (χ3n) is 3.54. The van der Waals surface area contributed by atoms with Crippen LogP contribution in [0.25, 0.3) is 4.96 Å². The lowest BCUT2D eigenvalue weighted by Crippen LogP contribution is -2.17. The van der Waals surface area contributed by atoms with Gasteiger partial charge in [-0.15, -0.1) is 11.3 Å². The summed E-state index contributed by atoms with van der Waals surface area (Å²) >= 11 is 7.44. The molecule has 0 spiro atoms. The van der Waals surface area contributed by atoms with Crippen molar-refractivity contribution in [2.75, 3.05) is 13.2 Å². The Kier molecular flexibility index (Phi) is 4.06. The van der Waals surface area contributed by atoms with Crippen molar-refractivity contribution >= 4 is 33.9 Å². The number of carbonyl (C=O) groups is 1. The fraction of sp³-hybridized carbons (Fsp3) is 0.188. The van der Waals surface area contributed by atoms with Crippen molar-refractivity contribution in [1.29, 1.82) is 0 Å². The predicted molar refractivity (Wildman–Crippen MR) is 90.9 cm³/mol. The van der Waals surface area contributed by atoms with Crippen LogP contribution < -0.4 is 15.0 Å². The molecule has 0 radical (unpaired) electrons. The second-order valence-electron chi connectivity index (χ2n) is 5.20. The summed E-state index contributed by atoms with van der Waals surface area (Å²) in [5.41, 5.74) is 0.396. The van der Waals surface area contributed by atoms with E-state index in [0.29, 0.717) is 35.4 Å². The molecule has 0 bridgehead atoms. The lowest BCUT2D eigenvalue weighted by atomic mass is 10.2. The molecule has 25 heavy (non-hydrogen) atoms. The van der Waals surface area contributed by atoms with Gasteiger partial charge in [0.1, 0.15) is 19.8 Å². The van der Waals surface area contributed by atoms with E-state index >= 15 is 0 Å². The first kappa shape index (κ1) is 15.9. The number of rotatable bonds is 3. The topological polar surface area (TPSA) is 79.1 Å². The molecule has 1 aliphatic rings. The summed E-state index contributed by atoms with van der Waals surface area (Å²) < 4.78 is 17.5. The molecule has 0 unspecified atom stereocenters. The van der Waals surface area contributed by atoms with E-state index in [2.05, 4.69) is 4.98 Å². The molecule has 4 rings (SSSR count). The molecule has 0 atom stereocenters. The van der Waals surface area contributed by atoms with Crippen molar-refractivity contribution in [3.8, 4) is 11.5 Å². The van der Waals surface area contributed by atoms with Gasteiger partial charge in [-0.1, -0.05) is 11.6 Å². The highest BCUT2D eigenvalue weighted by molar-refractivity contribution is 7.15. The van der Waals surface area contributed by atoms with Crippen LogP contribution in [-0.2, 0) is 11.3 Å². The van der Waals surface area contributed by atoms with Gasteiger partial charge in [-0.3, -0.25) is 9.20 Å².